The second-order valence-electron chi connectivity index (χ2n) is 13.2. The van der Waals surface area contributed by atoms with Crippen molar-refractivity contribution < 1.29 is 14.3 Å². The summed E-state index contributed by atoms with van der Waals surface area (Å²) in [5.41, 5.74) is 7.09. The highest BCUT2D eigenvalue weighted by Crippen LogP contribution is 2.51. The van der Waals surface area contributed by atoms with Gasteiger partial charge in [-0.15, -0.1) is 0 Å². The van der Waals surface area contributed by atoms with Gasteiger partial charge in [-0.25, -0.2) is 0 Å². The molecule has 1 aliphatic carbocycles. The van der Waals surface area contributed by atoms with Gasteiger partial charge in [0.05, 0.1) is 0 Å². The molecule has 3 heterocycles. The van der Waals surface area contributed by atoms with Crippen molar-refractivity contribution in [2.75, 3.05) is 50.8 Å². The SMILES string of the molecule is CCNC(=O)C1(CCCN2CCN(c3ccc4c(c3)C(=O)N(C3CCCCO3)C(C)C4)CC2)c2ccccc2-c2ccccc21. The lowest BCUT2D eigenvalue weighted by Gasteiger charge is -2.42. The minimum absolute atomic E-state index is 0.0972. The summed E-state index contributed by atoms with van der Waals surface area (Å²) in [6.07, 6.45) is 5.62. The second-order valence-corrected chi connectivity index (χ2v) is 13.2. The summed E-state index contributed by atoms with van der Waals surface area (Å²) in [5.74, 6) is 0.226. The molecule has 7 heteroatoms. The lowest BCUT2D eigenvalue weighted by atomic mass is 9.73. The van der Waals surface area contributed by atoms with Crippen molar-refractivity contribution in [3.63, 3.8) is 0 Å². The first-order valence-corrected chi connectivity index (χ1v) is 17.0. The number of hydrogen-bond donors (Lipinski definition) is 1. The minimum Gasteiger partial charge on any atom is -0.369 e. The van der Waals surface area contributed by atoms with Crippen LogP contribution in [0.1, 0.15) is 73.0 Å². The van der Waals surface area contributed by atoms with Gasteiger partial charge in [-0.2, -0.15) is 0 Å². The van der Waals surface area contributed by atoms with E-state index in [-0.39, 0.29) is 24.1 Å². The van der Waals surface area contributed by atoms with Crippen LogP contribution in [0.25, 0.3) is 11.1 Å². The Kier molecular flexibility index (Phi) is 8.40. The summed E-state index contributed by atoms with van der Waals surface area (Å²) in [6, 6.07) is 23.5. The minimum atomic E-state index is -0.658. The third-order valence-electron chi connectivity index (χ3n) is 10.6. The number of amides is 2. The predicted molar refractivity (Wildman–Crippen MR) is 179 cm³/mol. The Morgan fingerprint density at radius 2 is 1.64 bits per heavy atom. The van der Waals surface area contributed by atoms with Crippen LogP contribution in [0.3, 0.4) is 0 Å². The van der Waals surface area contributed by atoms with Crippen molar-refractivity contribution in [1.29, 1.82) is 0 Å². The molecule has 3 aromatic rings. The fraction of sp³-hybridized carbons (Fsp3) is 0.474. The zero-order valence-corrected chi connectivity index (χ0v) is 26.8. The molecule has 7 rings (SSSR count). The van der Waals surface area contributed by atoms with Gasteiger partial charge in [0.2, 0.25) is 5.91 Å². The van der Waals surface area contributed by atoms with Crippen LogP contribution in [0.4, 0.5) is 5.69 Å². The van der Waals surface area contributed by atoms with Crippen LogP contribution in [0.2, 0.25) is 0 Å². The Morgan fingerprint density at radius 3 is 2.31 bits per heavy atom. The number of nitrogens with zero attached hydrogens (tertiary/aromatic N) is 3. The Morgan fingerprint density at radius 1 is 0.933 bits per heavy atom. The lowest BCUT2D eigenvalue weighted by Crippen LogP contribution is -2.52. The number of piperazine rings is 1. The maximum Gasteiger partial charge on any atom is 0.256 e. The molecule has 2 amide bonds. The number of hydrogen-bond acceptors (Lipinski definition) is 5. The van der Waals surface area contributed by atoms with Crippen LogP contribution in [0, 0.1) is 0 Å². The average molecular weight is 607 g/mol. The molecule has 1 N–H and O–H groups in total. The molecule has 0 saturated carbocycles. The standard InChI is InChI=1S/C38H46N4O3/c1-3-39-37(44)38(33-13-6-4-11-30(33)31-12-5-7-14-34(31)38)18-10-19-40-20-22-41(23-21-40)29-17-16-28-25-27(2)42(36(43)32(28)26-29)35-15-8-9-24-45-35/h4-7,11-14,16-17,26-27,35H,3,8-10,15,18-25H2,1-2H3,(H,39,44). The number of carbonyl (C=O) groups excluding carboxylic acids is 2. The van der Waals surface area contributed by atoms with Crippen LogP contribution in [0.15, 0.2) is 66.7 Å². The van der Waals surface area contributed by atoms with E-state index in [9.17, 15) is 9.59 Å². The fourth-order valence-corrected chi connectivity index (χ4v) is 8.31. The highest BCUT2D eigenvalue weighted by atomic mass is 16.5. The normalized spacial score (nSPS) is 22.5. The fourth-order valence-electron chi connectivity index (χ4n) is 8.31. The van der Waals surface area contributed by atoms with Gasteiger partial charge in [0.15, 0.2) is 0 Å². The van der Waals surface area contributed by atoms with Gasteiger partial charge in [0, 0.05) is 56.6 Å². The highest BCUT2D eigenvalue weighted by Gasteiger charge is 2.48. The molecule has 45 heavy (non-hydrogen) atoms. The maximum atomic E-state index is 13.9. The molecular formula is C38H46N4O3. The monoisotopic (exact) mass is 606 g/mol. The van der Waals surface area contributed by atoms with Crippen molar-refractivity contribution in [3.8, 4) is 11.1 Å². The number of benzene rings is 3. The molecule has 0 bridgehead atoms. The smallest absolute Gasteiger partial charge is 0.256 e. The van der Waals surface area contributed by atoms with Crippen molar-refractivity contribution in [1.82, 2.24) is 15.1 Å². The number of likely N-dealkylation sites (N-methyl/N-ethyl adjacent to an activating group) is 1. The van der Waals surface area contributed by atoms with Gasteiger partial charge < -0.3 is 19.9 Å². The van der Waals surface area contributed by atoms with Gasteiger partial charge in [-0.1, -0.05) is 54.6 Å². The van der Waals surface area contributed by atoms with Crippen molar-refractivity contribution >= 4 is 17.5 Å². The van der Waals surface area contributed by atoms with Gasteiger partial charge in [-0.3, -0.25) is 14.5 Å². The molecule has 2 saturated heterocycles. The zero-order valence-electron chi connectivity index (χ0n) is 26.8. The second kappa shape index (κ2) is 12.6. The van der Waals surface area contributed by atoms with E-state index in [1.807, 2.05) is 11.8 Å². The number of fused-ring (bicyclic) bond motifs is 4. The van der Waals surface area contributed by atoms with Crippen molar-refractivity contribution in [3.05, 3.63) is 89.0 Å². The maximum absolute atomic E-state index is 13.9. The lowest BCUT2D eigenvalue weighted by molar-refractivity contribution is -0.125. The highest BCUT2D eigenvalue weighted by molar-refractivity contribution is 6.00. The summed E-state index contributed by atoms with van der Waals surface area (Å²) in [6.45, 7) is 10.2. The summed E-state index contributed by atoms with van der Waals surface area (Å²) in [4.78, 5) is 34.5. The molecule has 0 radical (unpaired) electrons. The quantitative estimate of drug-likeness (QED) is 0.362. The third-order valence-corrected chi connectivity index (χ3v) is 10.6. The molecule has 4 aliphatic rings. The van der Waals surface area contributed by atoms with Crippen LogP contribution >= 0.6 is 0 Å². The average Bonchev–Trinajstić information content (AvgIpc) is 3.36. The summed E-state index contributed by atoms with van der Waals surface area (Å²) < 4.78 is 6.03. The van der Waals surface area contributed by atoms with Gasteiger partial charge >= 0.3 is 0 Å². The Labute approximate surface area is 267 Å². The van der Waals surface area contributed by atoms with E-state index >= 15 is 0 Å². The van der Waals surface area contributed by atoms with E-state index in [1.54, 1.807) is 0 Å². The molecule has 0 spiro atoms. The van der Waals surface area contributed by atoms with Gasteiger partial charge in [0.1, 0.15) is 11.6 Å². The Bertz CT molecular complexity index is 1510. The summed E-state index contributed by atoms with van der Waals surface area (Å²) in [5, 5.41) is 3.18. The number of rotatable bonds is 8. The van der Waals surface area contributed by atoms with Gasteiger partial charge in [-0.05, 0) is 98.9 Å². The molecular weight excluding hydrogens is 560 g/mol. The molecule has 0 aromatic heterocycles. The van der Waals surface area contributed by atoms with Crippen molar-refractivity contribution in [2.45, 2.75) is 70.1 Å². The van der Waals surface area contributed by atoms with E-state index in [0.29, 0.717) is 6.54 Å². The zero-order chi connectivity index (χ0) is 31.0. The van der Waals surface area contributed by atoms with E-state index in [0.717, 1.165) is 106 Å². The topological polar surface area (TPSA) is 65.1 Å². The first-order chi connectivity index (χ1) is 22.0. The number of carbonyl (C=O) groups is 2. The number of ether oxygens (including phenoxy) is 1. The van der Waals surface area contributed by atoms with E-state index in [4.69, 9.17) is 4.74 Å². The van der Waals surface area contributed by atoms with Gasteiger partial charge in [0.25, 0.3) is 5.91 Å². The number of anilines is 1. The third kappa shape index (κ3) is 5.34. The van der Waals surface area contributed by atoms with Crippen LogP contribution in [0.5, 0.6) is 0 Å². The molecule has 7 nitrogen and oxygen atoms in total. The molecule has 236 valence electrons. The van der Waals surface area contributed by atoms with Crippen LogP contribution in [-0.2, 0) is 21.4 Å². The van der Waals surface area contributed by atoms with E-state index in [2.05, 4.69) is 88.8 Å². The largest absolute Gasteiger partial charge is 0.369 e. The van der Waals surface area contributed by atoms with Crippen LogP contribution < -0.4 is 10.2 Å². The molecule has 3 aliphatic heterocycles. The summed E-state index contributed by atoms with van der Waals surface area (Å²) in [7, 11) is 0. The van der Waals surface area contributed by atoms with Crippen LogP contribution in [-0.4, -0.2) is 79.8 Å². The first-order valence-electron chi connectivity index (χ1n) is 17.0. The van der Waals surface area contributed by atoms with E-state index in [1.165, 1.54) is 11.1 Å². The molecule has 2 atom stereocenters. The predicted octanol–water partition coefficient (Wildman–Crippen LogP) is 5.61. The first kappa shape index (κ1) is 30.0. The van der Waals surface area contributed by atoms with E-state index < -0.39 is 5.41 Å². The summed E-state index contributed by atoms with van der Waals surface area (Å²) >= 11 is 0. The molecule has 3 aromatic carbocycles. The Balaban J connectivity index is 1.01. The van der Waals surface area contributed by atoms with Crippen molar-refractivity contribution in [2.24, 2.45) is 0 Å². The number of nitrogens with one attached hydrogen (secondary N) is 1. The Hall–Kier alpha value is -3.68. The molecule has 2 unspecified atom stereocenters. The molecule has 2 fully saturated rings.